The van der Waals surface area contributed by atoms with E-state index in [2.05, 4.69) is 29.5 Å². The predicted molar refractivity (Wildman–Crippen MR) is 68.7 cm³/mol. The van der Waals surface area contributed by atoms with Gasteiger partial charge in [-0.15, -0.1) is 11.3 Å². The van der Waals surface area contributed by atoms with Gasteiger partial charge in [-0.25, -0.2) is 4.98 Å². The van der Waals surface area contributed by atoms with Crippen molar-refractivity contribution in [2.24, 2.45) is 5.92 Å². The zero-order valence-corrected chi connectivity index (χ0v) is 11.0. The summed E-state index contributed by atoms with van der Waals surface area (Å²) in [7, 11) is 0. The number of nitrogens with zero attached hydrogens (tertiary/aromatic N) is 1. The molecule has 1 saturated heterocycles. The molecule has 1 aromatic heterocycles. The predicted octanol–water partition coefficient (Wildman–Crippen LogP) is 2.72. The summed E-state index contributed by atoms with van der Waals surface area (Å²) in [5.41, 5.74) is 1.26. The van der Waals surface area contributed by atoms with Crippen molar-refractivity contribution < 1.29 is 0 Å². The average Bonchev–Trinajstić information content (AvgIpc) is 2.57. The van der Waals surface area contributed by atoms with Gasteiger partial charge >= 0.3 is 0 Å². The Hall–Kier alpha value is -0.0600. The van der Waals surface area contributed by atoms with Gasteiger partial charge in [0.25, 0.3) is 0 Å². The van der Waals surface area contributed by atoms with E-state index in [1.54, 1.807) is 11.3 Å². The fourth-order valence-electron chi connectivity index (χ4n) is 1.45. The average molecular weight is 242 g/mol. The van der Waals surface area contributed by atoms with Crippen LogP contribution in [-0.4, -0.2) is 23.8 Å². The lowest BCUT2D eigenvalue weighted by Crippen LogP contribution is -2.43. The van der Waals surface area contributed by atoms with Gasteiger partial charge in [0.2, 0.25) is 0 Å². The lowest BCUT2D eigenvalue weighted by molar-refractivity contribution is 0.385. The maximum Gasteiger partial charge on any atom is 0.0954 e. The molecule has 0 unspecified atom stereocenters. The Morgan fingerprint density at radius 2 is 2.40 bits per heavy atom. The van der Waals surface area contributed by atoms with Gasteiger partial charge < -0.3 is 5.32 Å². The summed E-state index contributed by atoms with van der Waals surface area (Å²) in [6.45, 7) is 6.83. The van der Waals surface area contributed by atoms with Gasteiger partial charge in [0.15, 0.2) is 0 Å². The number of thioether (sulfide) groups is 1. The summed E-state index contributed by atoms with van der Waals surface area (Å²) >= 11 is 3.82. The largest absolute Gasteiger partial charge is 0.316 e. The molecular weight excluding hydrogens is 224 g/mol. The Balaban J connectivity index is 1.72. The molecule has 0 bridgehead atoms. The number of rotatable bonds is 5. The van der Waals surface area contributed by atoms with E-state index in [1.165, 1.54) is 29.5 Å². The molecule has 1 aromatic rings. The van der Waals surface area contributed by atoms with Crippen LogP contribution in [0.4, 0.5) is 0 Å². The number of hydrogen-bond donors (Lipinski definition) is 1. The monoisotopic (exact) mass is 242 g/mol. The standard InChI is InChI=1S/C11H18N2S2/c1-8(2)11-13-10(7-15-11)6-14-5-9-3-12-4-9/h7-9,12H,3-6H2,1-2H3. The summed E-state index contributed by atoms with van der Waals surface area (Å²) < 4.78 is 0. The molecule has 84 valence electrons. The van der Waals surface area contributed by atoms with Crippen LogP contribution in [0.2, 0.25) is 0 Å². The first-order chi connectivity index (χ1) is 7.25. The lowest BCUT2D eigenvalue weighted by Gasteiger charge is -2.26. The fraction of sp³-hybridized carbons (Fsp3) is 0.727. The molecule has 2 heterocycles. The first-order valence-corrected chi connectivity index (χ1v) is 7.52. The van der Waals surface area contributed by atoms with Crippen LogP contribution in [0.25, 0.3) is 0 Å². The Bertz CT molecular complexity index is 305. The zero-order valence-electron chi connectivity index (χ0n) is 9.32. The molecule has 0 saturated carbocycles. The van der Waals surface area contributed by atoms with E-state index in [0.717, 1.165) is 11.7 Å². The third kappa shape index (κ3) is 3.20. The number of thiazole rings is 1. The van der Waals surface area contributed by atoms with Gasteiger partial charge in [-0.2, -0.15) is 11.8 Å². The second-order valence-corrected chi connectivity index (χ2v) is 6.29. The van der Waals surface area contributed by atoms with E-state index < -0.39 is 0 Å². The molecule has 4 heteroatoms. The van der Waals surface area contributed by atoms with Crippen LogP contribution in [0.3, 0.4) is 0 Å². The third-order valence-corrected chi connectivity index (χ3v) is 4.93. The van der Waals surface area contributed by atoms with Crippen molar-refractivity contribution in [3.63, 3.8) is 0 Å². The molecule has 0 aliphatic carbocycles. The van der Waals surface area contributed by atoms with Gasteiger partial charge in [-0.1, -0.05) is 13.8 Å². The van der Waals surface area contributed by atoms with E-state index in [4.69, 9.17) is 0 Å². The molecule has 1 fully saturated rings. The first kappa shape index (κ1) is 11.4. The molecule has 0 atom stereocenters. The first-order valence-electron chi connectivity index (χ1n) is 5.48. The molecule has 0 spiro atoms. The van der Waals surface area contributed by atoms with Crippen molar-refractivity contribution in [2.75, 3.05) is 18.8 Å². The van der Waals surface area contributed by atoms with E-state index in [0.29, 0.717) is 5.92 Å². The quantitative estimate of drug-likeness (QED) is 0.859. The SMILES string of the molecule is CC(C)c1nc(CSCC2CNC2)cs1. The molecule has 1 N–H and O–H groups in total. The van der Waals surface area contributed by atoms with Gasteiger partial charge in [-0.3, -0.25) is 0 Å². The molecule has 1 aliphatic heterocycles. The summed E-state index contributed by atoms with van der Waals surface area (Å²) in [6.07, 6.45) is 0. The van der Waals surface area contributed by atoms with Crippen molar-refractivity contribution in [1.29, 1.82) is 0 Å². The number of nitrogens with one attached hydrogen (secondary N) is 1. The maximum atomic E-state index is 4.63. The highest BCUT2D eigenvalue weighted by atomic mass is 32.2. The Kier molecular flexibility index (Phi) is 4.05. The minimum absolute atomic E-state index is 0.574. The topological polar surface area (TPSA) is 24.9 Å². The van der Waals surface area contributed by atoms with E-state index in [1.807, 2.05) is 11.8 Å². The van der Waals surface area contributed by atoms with Gasteiger partial charge in [0, 0.05) is 17.1 Å². The molecule has 2 nitrogen and oxygen atoms in total. The summed E-state index contributed by atoms with van der Waals surface area (Å²) in [5.74, 6) is 3.84. The van der Waals surface area contributed by atoms with Crippen molar-refractivity contribution >= 4 is 23.1 Å². The van der Waals surface area contributed by atoms with Crippen molar-refractivity contribution in [3.05, 3.63) is 16.1 Å². The van der Waals surface area contributed by atoms with Crippen LogP contribution < -0.4 is 5.32 Å². The van der Waals surface area contributed by atoms with E-state index in [9.17, 15) is 0 Å². The smallest absolute Gasteiger partial charge is 0.0954 e. The third-order valence-electron chi connectivity index (χ3n) is 2.53. The fourth-order valence-corrected chi connectivity index (χ4v) is 3.43. The molecule has 1 aliphatic rings. The summed E-state index contributed by atoms with van der Waals surface area (Å²) in [4.78, 5) is 4.63. The Morgan fingerprint density at radius 1 is 1.60 bits per heavy atom. The van der Waals surface area contributed by atoms with Gasteiger partial charge in [-0.05, 0) is 24.8 Å². The van der Waals surface area contributed by atoms with Crippen LogP contribution >= 0.6 is 23.1 Å². The minimum atomic E-state index is 0.574. The van der Waals surface area contributed by atoms with E-state index in [-0.39, 0.29) is 0 Å². The van der Waals surface area contributed by atoms with Crippen LogP contribution in [0.1, 0.15) is 30.5 Å². The zero-order chi connectivity index (χ0) is 10.7. The minimum Gasteiger partial charge on any atom is -0.316 e. The van der Waals surface area contributed by atoms with Gasteiger partial charge in [0.05, 0.1) is 10.7 Å². The number of aromatic nitrogens is 1. The van der Waals surface area contributed by atoms with Crippen molar-refractivity contribution in [3.8, 4) is 0 Å². The lowest BCUT2D eigenvalue weighted by atomic mass is 10.1. The van der Waals surface area contributed by atoms with Crippen molar-refractivity contribution in [1.82, 2.24) is 10.3 Å². The van der Waals surface area contributed by atoms with E-state index >= 15 is 0 Å². The second-order valence-electron chi connectivity index (χ2n) is 4.37. The Morgan fingerprint density at radius 3 is 2.93 bits per heavy atom. The highest BCUT2D eigenvalue weighted by molar-refractivity contribution is 7.98. The summed E-state index contributed by atoms with van der Waals surface area (Å²) in [6, 6.07) is 0. The highest BCUT2D eigenvalue weighted by Gasteiger charge is 2.16. The normalized spacial score (nSPS) is 17.0. The van der Waals surface area contributed by atoms with Crippen molar-refractivity contribution in [2.45, 2.75) is 25.5 Å². The molecular formula is C11H18N2S2. The van der Waals surface area contributed by atoms with Crippen LogP contribution in [0, 0.1) is 5.92 Å². The van der Waals surface area contributed by atoms with Crippen LogP contribution in [0.5, 0.6) is 0 Å². The molecule has 0 radical (unpaired) electrons. The summed E-state index contributed by atoms with van der Waals surface area (Å²) in [5, 5.41) is 6.79. The molecule has 0 aromatic carbocycles. The Labute approximate surface area is 99.9 Å². The maximum absolute atomic E-state index is 4.63. The van der Waals surface area contributed by atoms with Crippen LogP contribution in [-0.2, 0) is 5.75 Å². The second kappa shape index (κ2) is 5.32. The highest BCUT2D eigenvalue weighted by Crippen LogP contribution is 2.23. The molecule has 2 rings (SSSR count). The van der Waals surface area contributed by atoms with Crippen LogP contribution in [0.15, 0.2) is 5.38 Å². The molecule has 0 amide bonds. The number of hydrogen-bond acceptors (Lipinski definition) is 4. The van der Waals surface area contributed by atoms with Gasteiger partial charge in [0.1, 0.15) is 0 Å². The molecule has 15 heavy (non-hydrogen) atoms.